The molecule has 2 nitrogen and oxygen atoms in total. The lowest BCUT2D eigenvalue weighted by Gasteiger charge is -2.32. The van der Waals surface area contributed by atoms with Crippen molar-refractivity contribution in [1.82, 2.24) is 5.32 Å². The lowest BCUT2D eigenvalue weighted by Crippen LogP contribution is -2.33. The Morgan fingerprint density at radius 1 is 1.25 bits per heavy atom. The molecule has 0 aliphatic heterocycles. The third kappa shape index (κ3) is 5.10. The van der Waals surface area contributed by atoms with Gasteiger partial charge in [0.1, 0.15) is 0 Å². The fourth-order valence-electron chi connectivity index (χ4n) is 2.29. The van der Waals surface area contributed by atoms with Crippen molar-refractivity contribution in [3.63, 3.8) is 0 Å². The van der Waals surface area contributed by atoms with Crippen LogP contribution in [0.5, 0.6) is 0 Å². The molecule has 1 N–H and O–H groups in total. The van der Waals surface area contributed by atoms with Gasteiger partial charge in [-0.3, -0.25) is 0 Å². The average Bonchev–Trinajstić information content (AvgIpc) is 2.46. The van der Waals surface area contributed by atoms with Crippen LogP contribution in [0, 0.1) is 0 Å². The standard InChI is InChI=1S/C17H29BrN2/c1-5-8-11-20(14(4)6-2)17-10-9-15(12-16(17)18)13-19-7-3/h9-10,12,14,19H,5-8,11,13H2,1-4H3. The van der Waals surface area contributed by atoms with Gasteiger partial charge >= 0.3 is 0 Å². The molecular formula is C17H29BrN2. The summed E-state index contributed by atoms with van der Waals surface area (Å²) in [5.41, 5.74) is 2.66. The van der Waals surface area contributed by atoms with Gasteiger partial charge in [-0.15, -0.1) is 0 Å². The zero-order valence-corrected chi connectivity index (χ0v) is 15.0. The van der Waals surface area contributed by atoms with Crippen LogP contribution < -0.4 is 10.2 Å². The molecule has 0 spiro atoms. The first kappa shape index (κ1) is 17.5. The van der Waals surface area contributed by atoms with Crippen molar-refractivity contribution in [2.45, 2.75) is 59.5 Å². The smallest absolute Gasteiger partial charge is 0.0513 e. The van der Waals surface area contributed by atoms with Crippen LogP contribution in [0.2, 0.25) is 0 Å². The fourth-order valence-corrected chi connectivity index (χ4v) is 2.94. The molecule has 0 aromatic heterocycles. The molecule has 0 aliphatic carbocycles. The van der Waals surface area contributed by atoms with Gasteiger partial charge in [0.2, 0.25) is 0 Å². The first-order valence-electron chi connectivity index (χ1n) is 7.89. The Bertz CT molecular complexity index is 393. The number of hydrogen-bond acceptors (Lipinski definition) is 2. The maximum Gasteiger partial charge on any atom is 0.0513 e. The lowest BCUT2D eigenvalue weighted by molar-refractivity contribution is 0.594. The predicted octanol–water partition coefficient (Wildman–Crippen LogP) is 4.96. The van der Waals surface area contributed by atoms with Gasteiger partial charge in [0.25, 0.3) is 0 Å². The van der Waals surface area contributed by atoms with E-state index in [2.05, 4.69) is 72.0 Å². The van der Waals surface area contributed by atoms with Crippen LogP contribution in [0.3, 0.4) is 0 Å². The molecule has 0 aliphatic rings. The highest BCUT2D eigenvalue weighted by atomic mass is 79.9. The summed E-state index contributed by atoms with van der Waals surface area (Å²) in [6.45, 7) is 12.0. The van der Waals surface area contributed by atoms with Crippen molar-refractivity contribution >= 4 is 21.6 Å². The molecule has 0 fully saturated rings. The summed E-state index contributed by atoms with van der Waals surface area (Å²) < 4.78 is 1.21. The summed E-state index contributed by atoms with van der Waals surface area (Å²) in [7, 11) is 0. The number of hydrogen-bond donors (Lipinski definition) is 1. The van der Waals surface area contributed by atoms with E-state index in [1.807, 2.05) is 0 Å². The molecule has 0 bridgehead atoms. The molecule has 0 saturated heterocycles. The monoisotopic (exact) mass is 340 g/mol. The maximum absolute atomic E-state index is 3.76. The van der Waals surface area contributed by atoms with Crippen molar-refractivity contribution < 1.29 is 0 Å². The van der Waals surface area contributed by atoms with Crippen LogP contribution in [0.1, 0.15) is 52.5 Å². The minimum Gasteiger partial charge on any atom is -0.368 e. The van der Waals surface area contributed by atoms with Gasteiger partial charge < -0.3 is 10.2 Å². The van der Waals surface area contributed by atoms with Gasteiger partial charge in [-0.2, -0.15) is 0 Å². The molecule has 1 atom stereocenters. The third-order valence-electron chi connectivity index (χ3n) is 3.78. The van der Waals surface area contributed by atoms with Gasteiger partial charge in [0.05, 0.1) is 5.69 Å². The molecule has 0 amide bonds. The third-order valence-corrected chi connectivity index (χ3v) is 4.41. The Kier molecular flexibility index (Phi) is 8.24. The number of halogens is 1. The SMILES string of the molecule is CCCCN(c1ccc(CNCC)cc1Br)C(C)CC. The van der Waals surface area contributed by atoms with Crippen molar-refractivity contribution in [2.24, 2.45) is 0 Å². The Morgan fingerprint density at radius 2 is 2.00 bits per heavy atom. The van der Waals surface area contributed by atoms with Crippen molar-refractivity contribution in [1.29, 1.82) is 0 Å². The minimum absolute atomic E-state index is 0.581. The summed E-state index contributed by atoms with van der Waals surface area (Å²) in [5.74, 6) is 0. The Morgan fingerprint density at radius 3 is 2.55 bits per heavy atom. The molecule has 0 saturated carbocycles. The molecule has 114 valence electrons. The molecule has 1 rings (SSSR count). The topological polar surface area (TPSA) is 15.3 Å². The van der Waals surface area contributed by atoms with Crippen LogP contribution in [0.25, 0.3) is 0 Å². The van der Waals surface area contributed by atoms with E-state index in [-0.39, 0.29) is 0 Å². The van der Waals surface area contributed by atoms with Gasteiger partial charge in [-0.1, -0.05) is 33.3 Å². The summed E-state index contributed by atoms with van der Waals surface area (Å²) in [6.07, 6.45) is 3.66. The highest BCUT2D eigenvalue weighted by Crippen LogP contribution is 2.30. The summed E-state index contributed by atoms with van der Waals surface area (Å²) in [4.78, 5) is 2.53. The van der Waals surface area contributed by atoms with Gasteiger partial charge in [0.15, 0.2) is 0 Å². The number of unbranched alkanes of at least 4 members (excludes halogenated alkanes) is 1. The van der Waals surface area contributed by atoms with Crippen LogP contribution in [-0.2, 0) is 6.54 Å². The quantitative estimate of drug-likeness (QED) is 0.683. The van der Waals surface area contributed by atoms with Crippen LogP contribution >= 0.6 is 15.9 Å². The Balaban J connectivity index is 2.89. The summed E-state index contributed by atoms with van der Waals surface area (Å²) >= 11 is 3.76. The Hall–Kier alpha value is -0.540. The van der Waals surface area contributed by atoms with E-state index in [9.17, 15) is 0 Å². The first-order chi connectivity index (χ1) is 9.63. The zero-order chi connectivity index (χ0) is 15.0. The van der Waals surface area contributed by atoms with E-state index >= 15 is 0 Å². The van der Waals surface area contributed by atoms with E-state index in [1.165, 1.54) is 35.0 Å². The van der Waals surface area contributed by atoms with Crippen LogP contribution in [0.4, 0.5) is 5.69 Å². The zero-order valence-electron chi connectivity index (χ0n) is 13.4. The molecule has 1 aromatic carbocycles. The first-order valence-corrected chi connectivity index (χ1v) is 8.69. The van der Waals surface area contributed by atoms with Crippen molar-refractivity contribution in [3.8, 4) is 0 Å². The minimum atomic E-state index is 0.581. The second-order valence-corrected chi connectivity index (χ2v) is 6.22. The molecular weight excluding hydrogens is 312 g/mol. The van der Waals surface area contributed by atoms with E-state index in [0.717, 1.165) is 19.6 Å². The van der Waals surface area contributed by atoms with E-state index < -0.39 is 0 Å². The number of nitrogens with one attached hydrogen (secondary N) is 1. The highest BCUT2D eigenvalue weighted by Gasteiger charge is 2.15. The molecule has 0 heterocycles. The molecule has 3 heteroatoms. The molecule has 20 heavy (non-hydrogen) atoms. The lowest BCUT2D eigenvalue weighted by atomic mass is 10.1. The normalized spacial score (nSPS) is 12.4. The van der Waals surface area contributed by atoms with E-state index in [1.54, 1.807) is 0 Å². The van der Waals surface area contributed by atoms with E-state index in [0.29, 0.717) is 6.04 Å². The second kappa shape index (κ2) is 9.41. The van der Waals surface area contributed by atoms with Crippen molar-refractivity contribution in [2.75, 3.05) is 18.0 Å². The van der Waals surface area contributed by atoms with Gasteiger partial charge in [-0.05, 0) is 59.9 Å². The summed E-state index contributed by atoms with van der Waals surface area (Å²) in [6, 6.07) is 7.33. The van der Waals surface area contributed by atoms with E-state index in [4.69, 9.17) is 0 Å². The predicted molar refractivity (Wildman–Crippen MR) is 93.5 cm³/mol. The molecule has 1 unspecified atom stereocenters. The number of benzene rings is 1. The largest absolute Gasteiger partial charge is 0.368 e. The van der Waals surface area contributed by atoms with Crippen LogP contribution in [-0.4, -0.2) is 19.1 Å². The summed E-state index contributed by atoms with van der Waals surface area (Å²) in [5, 5.41) is 3.37. The highest BCUT2D eigenvalue weighted by molar-refractivity contribution is 9.10. The number of anilines is 1. The molecule has 1 aromatic rings. The number of rotatable bonds is 9. The Labute approximate surface area is 133 Å². The second-order valence-electron chi connectivity index (χ2n) is 5.37. The fraction of sp³-hybridized carbons (Fsp3) is 0.647. The average molecular weight is 341 g/mol. The van der Waals surface area contributed by atoms with Crippen LogP contribution in [0.15, 0.2) is 22.7 Å². The van der Waals surface area contributed by atoms with Crippen molar-refractivity contribution in [3.05, 3.63) is 28.2 Å². The van der Waals surface area contributed by atoms with Gasteiger partial charge in [0, 0.05) is 23.6 Å². The number of nitrogens with zero attached hydrogens (tertiary/aromatic N) is 1. The van der Waals surface area contributed by atoms with Gasteiger partial charge in [-0.25, -0.2) is 0 Å². The maximum atomic E-state index is 3.76. The molecule has 0 radical (unpaired) electrons.